The Bertz CT molecular complexity index is 915. The van der Waals surface area contributed by atoms with Gasteiger partial charge in [-0.3, -0.25) is 9.59 Å². The van der Waals surface area contributed by atoms with Crippen LogP contribution in [0.3, 0.4) is 0 Å². The van der Waals surface area contributed by atoms with Gasteiger partial charge in [-0.2, -0.15) is 0 Å². The number of benzene rings is 2. The molecular weight excluding hydrogens is 393 g/mol. The van der Waals surface area contributed by atoms with E-state index in [1.54, 1.807) is 36.4 Å². The fourth-order valence-electron chi connectivity index (χ4n) is 2.29. The highest BCUT2D eigenvalue weighted by molar-refractivity contribution is 6.35. The Hall–Kier alpha value is -2.97. The summed E-state index contributed by atoms with van der Waals surface area (Å²) in [6.07, 6.45) is 0.0975. The lowest BCUT2D eigenvalue weighted by Gasteiger charge is -2.18. The zero-order chi connectivity index (χ0) is 19.2. The van der Waals surface area contributed by atoms with Gasteiger partial charge in [0.25, 0.3) is 5.91 Å². The van der Waals surface area contributed by atoms with Crippen molar-refractivity contribution in [2.75, 3.05) is 5.32 Å². The Morgan fingerprint density at radius 1 is 1.11 bits per heavy atom. The van der Waals surface area contributed by atoms with Crippen LogP contribution < -0.4 is 5.32 Å². The molecule has 0 saturated heterocycles. The van der Waals surface area contributed by atoms with Gasteiger partial charge in [-0.1, -0.05) is 53.5 Å². The lowest BCUT2D eigenvalue weighted by Crippen LogP contribution is -2.27. The molecule has 0 aliphatic rings. The van der Waals surface area contributed by atoms with E-state index in [2.05, 4.69) is 20.8 Å². The molecule has 0 unspecified atom stereocenters. The first kappa shape index (κ1) is 18.8. The number of rotatable bonds is 6. The lowest BCUT2D eigenvalue weighted by molar-refractivity contribution is -0.155. The van der Waals surface area contributed by atoms with Gasteiger partial charge in [-0.05, 0) is 28.6 Å². The van der Waals surface area contributed by atoms with Gasteiger partial charge in [0.15, 0.2) is 0 Å². The van der Waals surface area contributed by atoms with Crippen molar-refractivity contribution < 1.29 is 14.3 Å². The zero-order valence-electron chi connectivity index (χ0n) is 13.8. The van der Waals surface area contributed by atoms with Gasteiger partial charge in [0.2, 0.25) is 6.10 Å². The number of esters is 1. The van der Waals surface area contributed by atoms with Gasteiger partial charge in [-0.25, -0.2) is 4.68 Å². The number of hydrogen-bond acceptors (Lipinski definition) is 6. The second-order valence-corrected chi connectivity index (χ2v) is 6.31. The molecule has 3 rings (SSSR count). The van der Waals surface area contributed by atoms with Crippen molar-refractivity contribution in [3.63, 3.8) is 0 Å². The summed E-state index contributed by atoms with van der Waals surface area (Å²) < 4.78 is 6.56. The molecule has 1 atom stereocenters. The summed E-state index contributed by atoms with van der Waals surface area (Å²) in [6, 6.07) is 13.2. The van der Waals surface area contributed by atoms with E-state index >= 15 is 0 Å². The summed E-state index contributed by atoms with van der Waals surface area (Å²) in [5.74, 6) is -1.22. The SMILES string of the molecule is O=C(Cn1cnnn1)O[C@H](C(=O)Nc1cc(Cl)cc(Cl)c1)c1ccccc1. The van der Waals surface area contributed by atoms with Gasteiger partial charge in [0, 0.05) is 21.3 Å². The summed E-state index contributed by atoms with van der Waals surface area (Å²) >= 11 is 11.9. The third-order valence-electron chi connectivity index (χ3n) is 3.40. The lowest BCUT2D eigenvalue weighted by atomic mass is 10.1. The molecule has 138 valence electrons. The van der Waals surface area contributed by atoms with Crippen LogP contribution >= 0.6 is 23.2 Å². The zero-order valence-corrected chi connectivity index (χ0v) is 15.3. The molecule has 10 heteroatoms. The maximum Gasteiger partial charge on any atom is 0.329 e. The molecule has 0 aliphatic heterocycles. The van der Waals surface area contributed by atoms with Gasteiger partial charge < -0.3 is 10.1 Å². The van der Waals surface area contributed by atoms with Gasteiger partial charge in [0.1, 0.15) is 12.9 Å². The second kappa shape index (κ2) is 8.61. The molecule has 0 bridgehead atoms. The van der Waals surface area contributed by atoms with E-state index in [9.17, 15) is 9.59 Å². The third kappa shape index (κ3) is 5.25. The van der Waals surface area contributed by atoms with Crippen LogP contribution in [0.25, 0.3) is 0 Å². The molecule has 3 aromatic rings. The summed E-state index contributed by atoms with van der Waals surface area (Å²) in [4.78, 5) is 25.0. The normalized spacial score (nSPS) is 11.6. The number of halogens is 2. The van der Waals surface area contributed by atoms with Gasteiger partial charge in [-0.15, -0.1) is 5.10 Å². The van der Waals surface area contributed by atoms with Crippen LogP contribution in [0.15, 0.2) is 54.9 Å². The molecule has 0 spiro atoms. The van der Waals surface area contributed by atoms with E-state index in [1.807, 2.05) is 0 Å². The van der Waals surface area contributed by atoms with Crippen LogP contribution in [0.4, 0.5) is 5.69 Å². The Labute approximate surface area is 164 Å². The summed E-state index contributed by atoms with van der Waals surface area (Å²) in [6.45, 7) is -0.230. The average Bonchev–Trinajstić information content (AvgIpc) is 3.12. The number of tetrazole rings is 1. The molecule has 1 N–H and O–H groups in total. The van der Waals surface area contributed by atoms with Crippen LogP contribution in [0, 0.1) is 0 Å². The number of aromatic nitrogens is 4. The third-order valence-corrected chi connectivity index (χ3v) is 3.84. The van der Waals surface area contributed by atoms with E-state index in [4.69, 9.17) is 27.9 Å². The first-order chi connectivity index (χ1) is 13.0. The smallest absolute Gasteiger partial charge is 0.329 e. The summed E-state index contributed by atoms with van der Waals surface area (Å²) in [5, 5.41) is 13.9. The predicted molar refractivity (Wildman–Crippen MR) is 98.2 cm³/mol. The van der Waals surface area contributed by atoms with E-state index in [0.29, 0.717) is 21.3 Å². The van der Waals surface area contributed by atoms with E-state index in [-0.39, 0.29) is 6.54 Å². The number of nitrogens with zero attached hydrogens (tertiary/aromatic N) is 4. The predicted octanol–water partition coefficient (Wildman–Crippen LogP) is 2.90. The van der Waals surface area contributed by atoms with Crippen molar-refractivity contribution in [2.45, 2.75) is 12.6 Å². The molecule has 8 nitrogen and oxygen atoms in total. The van der Waals surface area contributed by atoms with Crippen molar-refractivity contribution in [3.8, 4) is 0 Å². The van der Waals surface area contributed by atoms with Crippen molar-refractivity contribution in [3.05, 3.63) is 70.5 Å². The number of hydrogen-bond donors (Lipinski definition) is 1. The number of carbonyl (C=O) groups is 2. The molecule has 0 aliphatic carbocycles. The van der Waals surface area contributed by atoms with Crippen molar-refractivity contribution in [1.82, 2.24) is 20.2 Å². The van der Waals surface area contributed by atoms with Crippen molar-refractivity contribution in [2.24, 2.45) is 0 Å². The van der Waals surface area contributed by atoms with E-state index in [1.165, 1.54) is 23.1 Å². The first-order valence-corrected chi connectivity index (χ1v) is 8.49. The fraction of sp³-hybridized carbons (Fsp3) is 0.118. The van der Waals surface area contributed by atoms with Crippen LogP contribution in [0.1, 0.15) is 11.7 Å². The first-order valence-electron chi connectivity index (χ1n) is 7.73. The van der Waals surface area contributed by atoms with Gasteiger partial charge >= 0.3 is 5.97 Å². The number of carbonyl (C=O) groups excluding carboxylic acids is 2. The van der Waals surface area contributed by atoms with Crippen molar-refractivity contribution >= 4 is 40.8 Å². The standard InChI is InChI=1S/C17H13Cl2N5O3/c18-12-6-13(19)8-14(7-12)21-17(26)16(11-4-2-1-3-5-11)27-15(25)9-24-10-20-22-23-24/h1-8,10,16H,9H2,(H,21,26)/t16-/m0/s1. The van der Waals surface area contributed by atoms with Crippen LogP contribution in [0.5, 0.6) is 0 Å². The molecular formula is C17H13Cl2N5O3. The molecule has 2 aromatic carbocycles. The van der Waals surface area contributed by atoms with Crippen LogP contribution in [0.2, 0.25) is 10.0 Å². The average molecular weight is 406 g/mol. The minimum Gasteiger partial charge on any atom is -0.446 e. The Kier molecular flexibility index (Phi) is 6.00. The number of nitrogens with one attached hydrogen (secondary N) is 1. The number of anilines is 1. The minimum atomic E-state index is -1.17. The van der Waals surface area contributed by atoms with Crippen LogP contribution in [-0.2, 0) is 20.9 Å². The quantitative estimate of drug-likeness (QED) is 0.632. The minimum absolute atomic E-state index is 0.230. The van der Waals surface area contributed by atoms with E-state index < -0.39 is 18.0 Å². The highest BCUT2D eigenvalue weighted by Crippen LogP contribution is 2.25. The Morgan fingerprint density at radius 3 is 2.44 bits per heavy atom. The molecule has 0 radical (unpaired) electrons. The second-order valence-electron chi connectivity index (χ2n) is 5.44. The Morgan fingerprint density at radius 2 is 1.81 bits per heavy atom. The summed E-state index contributed by atoms with van der Waals surface area (Å²) in [7, 11) is 0. The topological polar surface area (TPSA) is 99.0 Å². The van der Waals surface area contributed by atoms with Crippen molar-refractivity contribution in [1.29, 1.82) is 0 Å². The highest BCUT2D eigenvalue weighted by Gasteiger charge is 2.25. The molecule has 27 heavy (non-hydrogen) atoms. The molecule has 1 aromatic heterocycles. The van der Waals surface area contributed by atoms with Crippen LogP contribution in [-0.4, -0.2) is 32.1 Å². The molecule has 1 amide bonds. The van der Waals surface area contributed by atoms with E-state index in [0.717, 1.165) is 0 Å². The largest absolute Gasteiger partial charge is 0.446 e. The molecule has 0 fully saturated rings. The summed E-state index contributed by atoms with van der Waals surface area (Å²) in [5.41, 5.74) is 0.892. The maximum atomic E-state index is 12.8. The molecule has 0 saturated carbocycles. The number of ether oxygens (including phenoxy) is 1. The monoisotopic (exact) mass is 405 g/mol. The highest BCUT2D eigenvalue weighted by atomic mass is 35.5. The number of amides is 1. The molecule has 1 heterocycles. The fourth-order valence-corrected chi connectivity index (χ4v) is 2.81. The van der Waals surface area contributed by atoms with Gasteiger partial charge in [0.05, 0.1) is 0 Å². The Balaban J connectivity index is 1.78. The maximum absolute atomic E-state index is 12.8.